The maximum atomic E-state index is 13.2. The number of anilines is 1. The second-order valence-electron chi connectivity index (χ2n) is 7.54. The van der Waals surface area contributed by atoms with Gasteiger partial charge in [-0.25, -0.2) is 0 Å². The van der Waals surface area contributed by atoms with E-state index >= 15 is 0 Å². The number of ether oxygens (including phenoxy) is 2. The summed E-state index contributed by atoms with van der Waals surface area (Å²) in [5.41, 5.74) is 3.71. The molecule has 170 valence electrons. The van der Waals surface area contributed by atoms with Crippen LogP contribution in [0.25, 0.3) is 0 Å². The molecule has 0 aromatic heterocycles. The molecule has 1 amide bonds. The number of carbonyl (C=O) groups excluding carboxylic acids is 1. The molecule has 32 heavy (non-hydrogen) atoms. The summed E-state index contributed by atoms with van der Waals surface area (Å²) in [6.07, 6.45) is 0. The van der Waals surface area contributed by atoms with Gasteiger partial charge in [-0.2, -0.15) is 8.78 Å². The predicted octanol–water partition coefficient (Wildman–Crippen LogP) is 4.40. The molecule has 0 aliphatic carbocycles. The summed E-state index contributed by atoms with van der Waals surface area (Å²) < 4.78 is 35.2. The summed E-state index contributed by atoms with van der Waals surface area (Å²) >= 11 is 5.65. The monoisotopic (exact) mass is 461 g/mol. The largest absolute Gasteiger partial charge is 0.493 e. The van der Waals surface area contributed by atoms with E-state index in [1.165, 1.54) is 18.1 Å². The summed E-state index contributed by atoms with van der Waals surface area (Å²) in [5.74, 6) is -0.163. The van der Waals surface area contributed by atoms with Crippen LogP contribution >= 0.6 is 12.2 Å². The van der Waals surface area contributed by atoms with Crippen LogP contribution in [0.3, 0.4) is 0 Å². The van der Waals surface area contributed by atoms with Crippen LogP contribution in [0.1, 0.15) is 24.1 Å². The summed E-state index contributed by atoms with van der Waals surface area (Å²) in [6.45, 7) is 0.846. The highest BCUT2D eigenvalue weighted by atomic mass is 32.1. The van der Waals surface area contributed by atoms with Crippen LogP contribution in [0.15, 0.2) is 53.7 Å². The number of hydrogen-bond acceptors (Lipinski definition) is 4. The van der Waals surface area contributed by atoms with Gasteiger partial charge >= 0.3 is 6.61 Å². The van der Waals surface area contributed by atoms with Crippen molar-refractivity contribution in [3.8, 4) is 11.5 Å². The fourth-order valence-corrected chi connectivity index (χ4v) is 3.93. The smallest absolute Gasteiger partial charge is 0.387 e. The van der Waals surface area contributed by atoms with Crippen LogP contribution in [0.4, 0.5) is 14.5 Å². The number of likely N-dealkylation sites (N-methyl/N-ethyl adjacent to an activating group) is 1. The topological polar surface area (TPSA) is 54.0 Å². The van der Waals surface area contributed by atoms with E-state index < -0.39 is 12.7 Å². The Kier molecular flexibility index (Phi) is 6.98. The van der Waals surface area contributed by atoms with E-state index in [4.69, 9.17) is 17.0 Å². The zero-order chi connectivity index (χ0) is 23.6. The fourth-order valence-electron chi connectivity index (χ4n) is 3.57. The first-order chi connectivity index (χ1) is 15.1. The Morgan fingerprint density at radius 3 is 2.34 bits per heavy atom. The second kappa shape index (κ2) is 9.52. The number of benzene rings is 2. The minimum atomic E-state index is -2.98. The molecule has 0 saturated heterocycles. The van der Waals surface area contributed by atoms with Crippen molar-refractivity contribution in [2.75, 3.05) is 26.1 Å². The summed E-state index contributed by atoms with van der Waals surface area (Å²) in [5, 5.41) is 3.65. The molecule has 6 nitrogen and oxygen atoms in total. The molecule has 1 aliphatic rings. The summed E-state index contributed by atoms with van der Waals surface area (Å²) in [4.78, 5) is 16.5. The van der Waals surface area contributed by atoms with Crippen LogP contribution in [-0.2, 0) is 4.79 Å². The molecular formula is C23H25F2N3O3S. The van der Waals surface area contributed by atoms with Crippen LogP contribution in [0.5, 0.6) is 11.5 Å². The van der Waals surface area contributed by atoms with Gasteiger partial charge in [0.2, 0.25) is 0 Å². The molecule has 2 aromatic carbocycles. The highest BCUT2D eigenvalue weighted by molar-refractivity contribution is 7.80. The Hall–Kier alpha value is -3.20. The third kappa shape index (κ3) is 4.67. The number of rotatable bonds is 6. The third-order valence-corrected chi connectivity index (χ3v) is 5.45. The van der Waals surface area contributed by atoms with Gasteiger partial charge in [0.1, 0.15) is 0 Å². The van der Waals surface area contributed by atoms with Gasteiger partial charge in [-0.3, -0.25) is 9.69 Å². The number of thiocarbonyl (C=S) groups is 1. The van der Waals surface area contributed by atoms with E-state index in [-0.39, 0.29) is 17.4 Å². The molecule has 0 spiro atoms. The lowest BCUT2D eigenvalue weighted by Crippen LogP contribution is -2.49. The highest BCUT2D eigenvalue weighted by Gasteiger charge is 2.35. The number of methoxy groups -OCH3 is 1. The summed E-state index contributed by atoms with van der Waals surface area (Å²) in [7, 11) is 4.70. The zero-order valence-corrected chi connectivity index (χ0v) is 19.3. The maximum absolute atomic E-state index is 13.2. The Morgan fingerprint density at radius 2 is 1.78 bits per heavy atom. The molecule has 0 bridgehead atoms. The first-order valence-electron chi connectivity index (χ1n) is 9.86. The van der Waals surface area contributed by atoms with Crippen LogP contribution < -0.4 is 19.7 Å². The lowest BCUT2D eigenvalue weighted by atomic mass is 9.93. The summed E-state index contributed by atoms with van der Waals surface area (Å²) in [6, 6.07) is 11.8. The van der Waals surface area contributed by atoms with E-state index in [0.29, 0.717) is 21.9 Å². The van der Waals surface area contributed by atoms with Crippen molar-refractivity contribution in [1.82, 2.24) is 10.2 Å². The van der Waals surface area contributed by atoms with Crippen molar-refractivity contribution in [3.63, 3.8) is 0 Å². The van der Waals surface area contributed by atoms with Gasteiger partial charge in [-0.1, -0.05) is 23.8 Å². The number of amides is 1. The minimum Gasteiger partial charge on any atom is -0.493 e. The Morgan fingerprint density at radius 1 is 1.12 bits per heavy atom. The fraction of sp³-hybridized carbons (Fsp3) is 0.304. The molecule has 3 rings (SSSR count). The number of carbonyl (C=O) groups is 1. The number of aryl methyl sites for hydroxylation is 1. The van der Waals surface area contributed by atoms with Crippen molar-refractivity contribution in [1.29, 1.82) is 0 Å². The molecule has 9 heteroatoms. The van der Waals surface area contributed by atoms with E-state index in [1.807, 2.05) is 43.0 Å². The Labute approximate surface area is 191 Å². The number of allylic oxidation sites excluding steroid dienone is 1. The van der Waals surface area contributed by atoms with E-state index in [1.54, 1.807) is 26.2 Å². The van der Waals surface area contributed by atoms with E-state index in [9.17, 15) is 13.6 Å². The molecule has 1 aliphatic heterocycles. The number of halogens is 2. The number of nitrogens with zero attached hydrogens (tertiary/aromatic N) is 2. The van der Waals surface area contributed by atoms with Crippen LogP contribution in [0.2, 0.25) is 0 Å². The van der Waals surface area contributed by atoms with Crippen LogP contribution in [-0.4, -0.2) is 43.7 Å². The molecule has 1 atom stereocenters. The van der Waals surface area contributed by atoms with Crippen molar-refractivity contribution >= 4 is 28.9 Å². The second-order valence-corrected chi connectivity index (χ2v) is 7.93. The van der Waals surface area contributed by atoms with Gasteiger partial charge in [0, 0.05) is 25.5 Å². The standard InChI is InChI=1S/C23H25F2N3O3S/c1-13-6-9-16(10-7-13)28-14(2)19(21(29)27(3)4)20(26-23(28)32)15-8-11-17(31-22(24)25)18(12-15)30-5/h6-12,20,22H,1-5H3,(H,26,32). The van der Waals surface area contributed by atoms with Crippen molar-refractivity contribution in [3.05, 3.63) is 64.9 Å². The molecule has 0 saturated carbocycles. The molecule has 0 radical (unpaired) electrons. The van der Waals surface area contributed by atoms with E-state index in [0.717, 1.165) is 11.3 Å². The van der Waals surface area contributed by atoms with Gasteiger partial charge in [0.05, 0.1) is 18.7 Å². The van der Waals surface area contributed by atoms with Gasteiger partial charge in [0.25, 0.3) is 5.91 Å². The molecule has 1 N–H and O–H groups in total. The van der Waals surface area contributed by atoms with Crippen LogP contribution in [0, 0.1) is 6.92 Å². The zero-order valence-electron chi connectivity index (χ0n) is 18.5. The normalized spacial score (nSPS) is 16.2. The minimum absolute atomic E-state index is 0.0906. The third-order valence-electron chi connectivity index (χ3n) is 5.15. The van der Waals surface area contributed by atoms with Crippen molar-refractivity contribution in [2.45, 2.75) is 26.5 Å². The Bertz CT molecular complexity index is 1050. The van der Waals surface area contributed by atoms with Gasteiger partial charge in [-0.15, -0.1) is 0 Å². The van der Waals surface area contributed by atoms with Crippen molar-refractivity contribution in [2.24, 2.45) is 0 Å². The lowest BCUT2D eigenvalue weighted by Gasteiger charge is -2.38. The average molecular weight is 462 g/mol. The van der Waals surface area contributed by atoms with E-state index in [2.05, 4.69) is 10.1 Å². The SMILES string of the molecule is COc1cc(C2NC(=S)N(c3ccc(C)cc3)C(C)=C2C(=O)N(C)C)ccc1OC(F)F. The predicted molar refractivity (Wildman–Crippen MR) is 123 cm³/mol. The molecule has 1 heterocycles. The lowest BCUT2D eigenvalue weighted by molar-refractivity contribution is -0.125. The maximum Gasteiger partial charge on any atom is 0.387 e. The molecule has 2 aromatic rings. The quantitative estimate of drug-likeness (QED) is 0.644. The number of hydrogen-bond donors (Lipinski definition) is 1. The van der Waals surface area contributed by atoms with Gasteiger partial charge in [-0.05, 0) is 55.9 Å². The molecule has 1 unspecified atom stereocenters. The molecule has 0 fully saturated rings. The van der Waals surface area contributed by atoms with Crippen molar-refractivity contribution < 1.29 is 23.0 Å². The highest BCUT2D eigenvalue weighted by Crippen LogP contribution is 2.38. The molecular weight excluding hydrogens is 436 g/mol. The number of alkyl halides is 2. The first kappa shape index (κ1) is 23.5. The number of nitrogens with one attached hydrogen (secondary N) is 1. The average Bonchev–Trinajstić information content (AvgIpc) is 2.74. The first-order valence-corrected chi connectivity index (χ1v) is 10.3. The Balaban J connectivity index is 2.12. The van der Waals surface area contributed by atoms with Gasteiger partial charge < -0.3 is 19.7 Å². The van der Waals surface area contributed by atoms with Gasteiger partial charge in [0.15, 0.2) is 16.6 Å².